The molecule has 1 aromatic carbocycles. The minimum Gasteiger partial charge on any atom is -0.493 e. The van der Waals surface area contributed by atoms with Gasteiger partial charge in [0.2, 0.25) is 5.88 Å². The predicted molar refractivity (Wildman–Crippen MR) is 66.0 cm³/mol. The number of nitrogens with zero attached hydrogens (tertiary/aromatic N) is 1. The van der Waals surface area contributed by atoms with Crippen molar-refractivity contribution in [1.29, 1.82) is 0 Å². The van der Waals surface area contributed by atoms with Crippen LogP contribution in [0.25, 0.3) is 11.1 Å². The second-order valence-electron chi connectivity index (χ2n) is 3.83. The molecule has 1 heterocycles. The Balaban J connectivity index is 2.73. The number of rotatable bonds is 3. The van der Waals surface area contributed by atoms with Crippen molar-refractivity contribution in [2.24, 2.45) is 0 Å². The van der Waals surface area contributed by atoms with Crippen molar-refractivity contribution in [3.05, 3.63) is 24.1 Å². The molecule has 0 bridgehead atoms. The van der Waals surface area contributed by atoms with Gasteiger partial charge in [-0.2, -0.15) is 0 Å². The lowest BCUT2D eigenvalue weighted by Crippen LogP contribution is -2.04. The molecule has 0 aliphatic rings. The van der Waals surface area contributed by atoms with Crippen molar-refractivity contribution < 1.29 is 22.1 Å². The molecule has 0 saturated heterocycles. The van der Waals surface area contributed by atoms with Gasteiger partial charge in [0.1, 0.15) is 4.90 Å². The van der Waals surface area contributed by atoms with E-state index in [0.29, 0.717) is 5.56 Å². The summed E-state index contributed by atoms with van der Waals surface area (Å²) in [5, 5.41) is 3.48. The van der Waals surface area contributed by atoms with Crippen molar-refractivity contribution in [2.75, 3.05) is 19.1 Å². The molecule has 0 atom stereocenters. The quantitative estimate of drug-likeness (QED) is 0.918. The van der Waals surface area contributed by atoms with Gasteiger partial charge < -0.3 is 15.0 Å². The Morgan fingerprint density at radius 3 is 2.53 bits per heavy atom. The normalized spacial score (nSPS) is 11.5. The molecule has 0 spiro atoms. The molecule has 102 valence electrons. The molecule has 2 aromatic rings. The number of anilines is 1. The van der Waals surface area contributed by atoms with E-state index in [4.69, 9.17) is 10.5 Å². The number of benzene rings is 1. The number of hydrogen-bond donors (Lipinski definition) is 1. The maximum absolute atomic E-state index is 14.2. The average molecular weight is 286 g/mol. The maximum atomic E-state index is 14.2. The minimum absolute atomic E-state index is 0.00944. The van der Waals surface area contributed by atoms with E-state index < -0.39 is 20.5 Å². The summed E-state index contributed by atoms with van der Waals surface area (Å²) in [7, 11) is -2.45. The van der Waals surface area contributed by atoms with E-state index >= 15 is 0 Å². The first-order valence-corrected chi connectivity index (χ1v) is 7.02. The Kier molecular flexibility index (Phi) is 3.19. The zero-order valence-electron chi connectivity index (χ0n) is 10.2. The van der Waals surface area contributed by atoms with Gasteiger partial charge in [-0.15, -0.1) is 0 Å². The van der Waals surface area contributed by atoms with E-state index in [1.165, 1.54) is 19.4 Å². The molecular weight excluding hydrogens is 275 g/mol. The van der Waals surface area contributed by atoms with Crippen LogP contribution in [0.3, 0.4) is 0 Å². The highest BCUT2D eigenvalue weighted by Crippen LogP contribution is 2.37. The molecule has 0 aliphatic carbocycles. The molecule has 0 fully saturated rings. The van der Waals surface area contributed by atoms with Crippen molar-refractivity contribution in [2.45, 2.75) is 4.90 Å². The van der Waals surface area contributed by atoms with Gasteiger partial charge in [-0.05, 0) is 12.1 Å². The summed E-state index contributed by atoms with van der Waals surface area (Å²) in [6, 6.07) is 2.54. The van der Waals surface area contributed by atoms with E-state index in [1.54, 1.807) is 0 Å². The molecule has 6 nitrogen and oxygen atoms in total. The lowest BCUT2D eigenvalue weighted by Gasteiger charge is -2.10. The fourth-order valence-corrected chi connectivity index (χ4v) is 2.42. The number of methoxy groups -OCH3 is 1. The van der Waals surface area contributed by atoms with E-state index in [9.17, 15) is 12.8 Å². The summed E-state index contributed by atoms with van der Waals surface area (Å²) in [5.74, 6) is -1.20. The Morgan fingerprint density at radius 2 is 2.05 bits per heavy atom. The van der Waals surface area contributed by atoms with Crippen molar-refractivity contribution in [3.63, 3.8) is 0 Å². The van der Waals surface area contributed by atoms with Gasteiger partial charge in [-0.25, -0.2) is 12.8 Å². The molecule has 2 rings (SSSR count). The first-order chi connectivity index (χ1) is 8.86. The summed E-state index contributed by atoms with van der Waals surface area (Å²) in [4.78, 5) is -0.442. The third-order valence-electron chi connectivity index (χ3n) is 2.55. The van der Waals surface area contributed by atoms with Crippen LogP contribution in [0.2, 0.25) is 0 Å². The summed E-state index contributed by atoms with van der Waals surface area (Å²) >= 11 is 0. The molecule has 0 unspecified atom stereocenters. The highest BCUT2D eigenvalue weighted by Gasteiger charge is 2.23. The molecule has 1 aromatic heterocycles. The fraction of sp³-hybridized carbons (Fsp3) is 0.182. The molecule has 0 saturated carbocycles. The van der Waals surface area contributed by atoms with Crippen LogP contribution < -0.4 is 10.5 Å². The number of nitrogen functional groups attached to an aromatic ring is 1. The van der Waals surface area contributed by atoms with E-state index in [2.05, 4.69) is 9.68 Å². The van der Waals surface area contributed by atoms with Crippen LogP contribution in [0.1, 0.15) is 0 Å². The van der Waals surface area contributed by atoms with Gasteiger partial charge >= 0.3 is 0 Å². The van der Waals surface area contributed by atoms with Gasteiger partial charge in [0, 0.05) is 11.8 Å². The SMILES string of the molecule is COc1c(-c2cnoc2N)ccc(S(C)(=O)=O)c1F. The maximum Gasteiger partial charge on any atom is 0.230 e. The Morgan fingerprint density at radius 1 is 1.37 bits per heavy atom. The second-order valence-corrected chi connectivity index (χ2v) is 5.82. The number of halogens is 1. The Hall–Kier alpha value is -2.09. The fourth-order valence-electron chi connectivity index (χ4n) is 1.69. The van der Waals surface area contributed by atoms with Gasteiger partial charge in [-0.3, -0.25) is 0 Å². The van der Waals surface area contributed by atoms with Crippen LogP contribution in [0, 0.1) is 5.82 Å². The van der Waals surface area contributed by atoms with Crippen LogP contribution >= 0.6 is 0 Å². The Labute approximate surface area is 108 Å². The summed E-state index contributed by atoms with van der Waals surface area (Å²) < 4.78 is 46.6. The van der Waals surface area contributed by atoms with E-state index in [1.807, 2.05) is 0 Å². The van der Waals surface area contributed by atoms with Gasteiger partial charge in [0.25, 0.3) is 0 Å². The van der Waals surface area contributed by atoms with Gasteiger partial charge in [-0.1, -0.05) is 5.16 Å². The largest absolute Gasteiger partial charge is 0.493 e. The number of ether oxygens (including phenoxy) is 1. The number of nitrogens with two attached hydrogens (primary N) is 1. The number of sulfone groups is 1. The topological polar surface area (TPSA) is 95.4 Å². The molecule has 0 radical (unpaired) electrons. The lowest BCUT2D eigenvalue weighted by molar-refractivity contribution is 0.382. The van der Waals surface area contributed by atoms with Crippen molar-refractivity contribution >= 4 is 15.7 Å². The second kappa shape index (κ2) is 4.54. The van der Waals surface area contributed by atoms with Gasteiger partial charge in [0.15, 0.2) is 21.4 Å². The zero-order chi connectivity index (χ0) is 14.2. The third-order valence-corrected chi connectivity index (χ3v) is 3.67. The molecule has 0 aliphatic heterocycles. The van der Waals surface area contributed by atoms with Crippen LogP contribution in [0.4, 0.5) is 10.3 Å². The van der Waals surface area contributed by atoms with Crippen LogP contribution in [0.5, 0.6) is 5.75 Å². The molecular formula is C11H11FN2O4S. The third kappa shape index (κ3) is 2.26. The lowest BCUT2D eigenvalue weighted by atomic mass is 10.1. The average Bonchev–Trinajstić information content (AvgIpc) is 2.73. The standard InChI is InChI=1S/C11H11FN2O4S/c1-17-10-6(7-5-14-18-11(7)13)3-4-8(9(10)12)19(2,15)16/h3-5H,13H2,1-2H3. The molecule has 8 heteroatoms. The number of aromatic nitrogens is 1. The van der Waals surface area contributed by atoms with Crippen molar-refractivity contribution in [3.8, 4) is 16.9 Å². The minimum atomic E-state index is -3.69. The van der Waals surface area contributed by atoms with Crippen molar-refractivity contribution in [1.82, 2.24) is 5.16 Å². The Bertz CT molecular complexity index is 724. The van der Waals surface area contributed by atoms with Crippen LogP contribution in [0.15, 0.2) is 27.7 Å². The molecule has 19 heavy (non-hydrogen) atoms. The number of hydrogen-bond acceptors (Lipinski definition) is 6. The molecule has 2 N–H and O–H groups in total. The summed E-state index contributed by atoms with van der Waals surface area (Å²) in [5.41, 5.74) is 6.14. The highest BCUT2D eigenvalue weighted by atomic mass is 32.2. The summed E-state index contributed by atoms with van der Waals surface area (Å²) in [6.45, 7) is 0. The van der Waals surface area contributed by atoms with E-state index in [-0.39, 0.29) is 17.2 Å². The first-order valence-electron chi connectivity index (χ1n) is 5.13. The monoisotopic (exact) mass is 286 g/mol. The first kappa shape index (κ1) is 13.3. The summed E-state index contributed by atoms with van der Waals surface area (Å²) in [6.07, 6.45) is 2.21. The predicted octanol–water partition coefficient (Wildman–Crippen LogP) is 1.47. The van der Waals surface area contributed by atoms with Crippen LogP contribution in [-0.2, 0) is 9.84 Å². The smallest absolute Gasteiger partial charge is 0.230 e. The van der Waals surface area contributed by atoms with E-state index in [0.717, 1.165) is 12.3 Å². The zero-order valence-corrected chi connectivity index (χ0v) is 11.0. The molecule has 0 amide bonds. The van der Waals surface area contributed by atoms with Gasteiger partial charge in [0.05, 0.1) is 18.9 Å². The van der Waals surface area contributed by atoms with Crippen LogP contribution in [-0.4, -0.2) is 26.9 Å². The highest BCUT2D eigenvalue weighted by molar-refractivity contribution is 7.90.